The molecule has 21 heavy (non-hydrogen) atoms. The molecular formula is C16H22F2N2O. The molecular weight excluding hydrogens is 274 g/mol. The van der Waals surface area contributed by atoms with Crippen molar-refractivity contribution in [3.05, 3.63) is 35.4 Å². The minimum absolute atomic E-state index is 0.000629. The quantitative estimate of drug-likeness (QED) is 0.855. The third-order valence-electron chi connectivity index (χ3n) is 4.27. The number of rotatable bonds is 3. The number of carbonyl (C=O) groups excluding carboxylic acids is 1. The second kappa shape index (κ2) is 6.52. The number of likely N-dealkylation sites (N-methyl/N-ethyl adjacent to an activating group) is 1. The molecule has 0 aliphatic carbocycles. The third-order valence-corrected chi connectivity index (χ3v) is 4.27. The molecule has 0 aromatic heterocycles. The van der Waals surface area contributed by atoms with Crippen molar-refractivity contribution in [3.8, 4) is 0 Å². The molecule has 2 unspecified atom stereocenters. The molecule has 5 heteroatoms. The van der Waals surface area contributed by atoms with Crippen LogP contribution in [0.2, 0.25) is 0 Å². The van der Waals surface area contributed by atoms with E-state index in [-0.39, 0.29) is 30.4 Å². The number of benzene rings is 1. The zero-order chi connectivity index (χ0) is 15.6. The molecule has 1 aromatic rings. The molecule has 1 saturated heterocycles. The van der Waals surface area contributed by atoms with E-state index in [0.29, 0.717) is 12.6 Å². The fourth-order valence-electron chi connectivity index (χ4n) is 2.79. The van der Waals surface area contributed by atoms with Crippen molar-refractivity contribution in [2.75, 3.05) is 20.1 Å². The number of piperazine rings is 1. The van der Waals surface area contributed by atoms with Crippen molar-refractivity contribution in [3.63, 3.8) is 0 Å². The topological polar surface area (TPSA) is 23.6 Å². The molecule has 1 fully saturated rings. The number of hydrogen-bond donors (Lipinski definition) is 0. The Balaban J connectivity index is 1.99. The van der Waals surface area contributed by atoms with Gasteiger partial charge in [0.15, 0.2) is 0 Å². The average Bonchev–Trinajstić information content (AvgIpc) is 2.42. The monoisotopic (exact) mass is 296 g/mol. The Morgan fingerprint density at radius 2 is 1.81 bits per heavy atom. The Morgan fingerprint density at radius 1 is 1.19 bits per heavy atom. The van der Waals surface area contributed by atoms with Gasteiger partial charge in [-0.05, 0) is 39.4 Å². The summed E-state index contributed by atoms with van der Waals surface area (Å²) in [6, 6.07) is 4.21. The molecule has 1 amide bonds. The Bertz CT molecular complexity index is 501. The maximum atomic E-state index is 13.6. The second-order valence-corrected chi connectivity index (χ2v) is 5.88. The first-order valence-corrected chi connectivity index (χ1v) is 7.32. The summed E-state index contributed by atoms with van der Waals surface area (Å²) >= 11 is 0. The van der Waals surface area contributed by atoms with Gasteiger partial charge in [0.2, 0.25) is 5.91 Å². The summed E-state index contributed by atoms with van der Waals surface area (Å²) in [6.07, 6.45) is 0.239. The molecule has 1 aromatic carbocycles. The molecule has 0 saturated carbocycles. The molecule has 0 N–H and O–H groups in total. The number of halogens is 2. The van der Waals surface area contributed by atoms with Gasteiger partial charge in [-0.25, -0.2) is 8.78 Å². The van der Waals surface area contributed by atoms with Crippen LogP contribution in [0.15, 0.2) is 18.2 Å². The van der Waals surface area contributed by atoms with Crippen LogP contribution in [0.25, 0.3) is 0 Å². The third kappa shape index (κ3) is 3.59. The van der Waals surface area contributed by atoms with Gasteiger partial charge in [0, 0.05) is 37.2 Å². The van der Waals surface area contributed by atoms with Gasteiger partial charge in [-0.2, -0.15) is 0 Å². The summed E-state index contributed by atoms with van der Waals surface area (Å²) in [5, 5.41) is 0. The van der Waals surface area contributed by atoms with Crippen LogP contribution in [0.4, 0.5) is 8.78 Å². The van der Waals surface area contributed by atoms with Crippen LogP contribution in [-0.2, 0) is 11.2 Å². The van der Waals surface area contributed by atoms with Gasteiger partial charge in [-0.3, -0.25) is 9.69 Å². The molecule has 2 atom stereocenters. The molecule has 2 rings (SSSR count). The highest BCUT2D eigenvalue weighted by atomic mass is 19.1. The van der Waals surface area contributed by atoms with Crippen LogP contribution in [0.5, 0.6) is 0 Å². The van der Waals surface area contributed by atoms with Gasteiger partial charge in [0.1, 0.15) is 11.6 Å². The van der Waals surface area contributed by atoms with Gasteiger partial charge < -0.3 is 4.90 Å². The van der Waals surface area contributed by atoms with E-state index in [2.05, 4.69) is 11.8 Å². The van der Waals surface area contributed by atoms with E-state index in [9.17, 15) is 13.6 Å². The van der Waals surface area contributed by atoms with Crippen molar-refractivity contribution in [2.24, 2.45) is 0 Å². The lowest BCUT2D eigenvalue weighted by molar-refractivity contribution is -0.136. The number of hydrogen-bond acceptors (Lipinski definition) is 2. The van der Waals surface area contributed by atoms with E-state index in [1.807, 2.05) is 18.9 Å². The summed E-state index contributed by atoms with van der Waals surface area (Å²) < 4.78 is 27.1. The van der Waals surface area contributed by atoms with E-state index in [1.165, 1.54) is 18.2 Å². The molecule has 1 aliphatic heterocycles. The van der Waals surface area contributed by atoms with Crippen LogP contribution in [0.1, 0.15) is 25.8 Å². The molecule has 0 bridgehead atoms. The smallest absolute Gasteiger partial charge is 0.223 e. The van der Waals surface area contributed by atoms with Crippen LogP contribution >= 0.6 is 0 Å². The zero-order valence-corrected chi connectivity index (χ0v) is 12.8. The first kappa shape index (κ1) is 15.9. The molecule has 116 valence electrons. The molecule has 1 aliphatic rings. The number of amides is 1. The van der Waals surface area contributed by atoms with Crippen LogP contribution in [0, 0.1) is 11.6 Å². The highest BCUT2D eigenvalue weighted by molar-refractivity contribution is 5.77. The summed E-state index contributed by atoms with van der Waals surface area (Å²) in [5.41, 5.74) is 0.000629. The van der Waals surface area contributed by atoms with Crippen molar-refractivity contribution in [1.29, 1.82) is 0 Å². The van der Waals surface area contributed by atoms with Crippen molar-refractivity contribution < 1.29 is 13.6 Å². The predicted octanol–water partition coefficient (Wildman–Crippen LogP) is 2.45. The minimum atomic E-state index is -0.581. The van der Waals surface area contributed by atoms with Gasteiger partial charge in [-0.1, -0.05) is 6.07 Å². The number of carbonyl (C=O) groups is 1. The van der Waals surface area contributed by atoms with E-state index in [1.54, 1.807) is 0 Å². The summed E-state index contributed by atoms with van der Waals surface area (Å²) in [7, 11) is 2.04. The summed E-state index contributed by atoms with van der Waals surface area (Å²) in [5.74, 6) is -1.20. The Hall–Kier alpha value is -1.49. The fourth-order valence-corrected chi connectivity index (χ4v) is 2.79. The largest absolute Gasteiger partial charge is 0.337 e. The highest BCUT2D eigenvalue weighted by Crippen LogP contribution is 2.18. The Labute approximate surface area is 124 Å². The van der Waals surface area contributed by atoms with E-state index < -0.39 is 11.6 Å². The lowest BCUT2D eigenvalue weighted by Gasteiger charge is -2.42. The predicted molar refractivity (Wildman–Crippen MR) is 77.9 cm³/mol. The molecule has 3 nitrogen and oxygen atoms in total. The van der Waals surface area contributed by atoms with Gasteiger partial charge in [0.05, 0.1) is 0 Å². The van der Waals surface area contributed by atoms with E-state index in [0.717, 1.165) is 6.54 Å². The van der Waals surface area contributed by atoms with Crippen molar-refractivity contribution in [2.45, 2.75) is 38.8 Å². The van der Waals surface area contributed by atoms with E-state index in [4.69, 9.17) is 0 Å². The van der Waals surface area contributed by atoms with Crippen LogP contribution in [-0.4, -0.2) is 47.9 Å². The lowest BCUT2D eigenvalue weighted by atomic mass is 10.1. The Morgan fingerprint density at radius 3 is 2.43 bits per heavy atom. The maximum absolute atomic E-state index is 13.6. The first-order chi connectivity index (χ1) is 9.90. The van der Waals surface area contributed by atoms with Gasteiger partial charge in [0.25, 0.3) is 0 Å². The normalized spacial score (nSPS) is 23.4. The van der Waals surface area contributed by atoms with Crippen molar-refractivity contribution in [1.82, 2.24) is 9.80 Å². The van der Waals surface area contributed by atoms with Crippen LogP contribution in [0.3, 0.4) is 0 Å². The van der Waals surface area contributed by atoms with Crippen LogP contribution < -0.4 is 0 Å². The van der Waals surface area contributed by atoms with Crippen molar-refractivity contribution >= 4 is 5.91 Å². The zero-order valence-electron chi connectivity index (χ0n) is 12.8. The molecule has 1 heterocycles. The standard InChI is InChI=1S/C16H22F2N2O/c1-11-10-20(12(2)9-19(11)3)16(21)8-7-13-14(17)5-4-6-15(13)18/h4-6,11-12H,7-10H2,1-3H3. The average molecular weight is 296 g/mol. The maximum Gasteiger partial charge on any atom is 0.223 e. The highest BCUT2D eigenvalue weighted by Gasteiger charge is 2.29. The summed E-state index contributed by atoms with van der Waals surface area (Å²) in [6.45, 7) is 5.56. The fraction of sp³-hybridized carbons (Fsp3) is 0.562. The SMILES string of the molecule is CC1CN(C(=O)CCc2c(F)cccc2F)C(C)CN1C. The first-order valence-electron chi connectivity index (χ1n) is 7.32. The molecule has 0 spiro atoms. The summed E-state index contributed by atoms with van der Waals surface area (Å²) in [4.78, 5) is 16.4. The lowest BCUT2D eigenvalue weighted by Crippen LogP contribution is -2.56. The van der Waals surface area contributed by atoms with Gasteiger partial charge in [-0.15, -0.1) is 0 Å². The number of nitrogens with zero attached hydrogens (tertiary/aromatic N) is 2. The molecule has 0 radical (unpaired) electrons. The van der Waals surface area contributed by atoms with E-state index >= 15 is 0 Å². The minimum Gasteiger partial charge on any atom is -0.337 e. The Kier molecular flexibility index (Phi) is 4.93. The van der Waals surface area contributed by atoms with Gasteiger partial charge >= 0.3 is 0 Å². The second-order valence-electron chi connectivity index (χ2n) is 5.88.